The van der Waals surface area contributed by atoms with Crippen LogP contribution in [-0.4, -0.2) is 30.3 Å². The molecule has 1 aromatic carbocycles. The predicted molar refractivity (Wildman–Crippen MR) is 96.2 cm³/mol. The molecule has 1 aromatic heterocycles. The highest BCUT2D eigenvalue weighted by molar-refractivity contribution is 7.15. The van der Waals surface area contributed by atoms with E-state index >= 15 is 0 Å². The van der Waals surface area contributed by atoms with E-state index in [-0.39, 0.29) is 18.1 Å². The highest BCUT2D eigenvalue weighted by atomic mass is 32.1. The van der Waals surface area contributed by atoms with Crippen molar-refractivity contribution in [3.8, 4) is 10.6 Å². The fourth-order valence-electron chi connectivity index (χ4n) is 2.85. The van der Waals surface area contributed by atoms with Gasteiger partial charge in [0.05, 0.1) is 16.6 Å². The molecule has 1 fully saturated rings. The molecule has 0 saturated carbocycles. The lowest BCUT2D eigenvalue weighted by Crippen LogP contribution is -2.45. The third kappa shape index (κ3) is 4.13. The number of nitrogens with zero attached hydrogens (tertiary/aromatic N) is 1. The van der Waals surface area contributed by atoms with Crippen LogP contribution in [0.2, 0.25) is 0 Å². The second kappa shape index (κ2) is 7.77. The van der Waals surface area contributed by atoms with Crippen molar-refractivity contribution >= 4 is 17.4 Å². The van der Waals surface area contributed by atoms with Gasteiger partial charge in [0.15, 0.2) is 0 Å². The Morgan fingerprint density at radius 3 is 2.71 bits per heavy atom. The number of thiazole rings is 1. The zero-order chi connectivity index (χ0) is 16.9. The van der Waals surface area contributed by atoms with Gasteiger partial charge in [0.2, 0.25) is 0 Å². The molecular weight excluding hydrogens is 322 g/mol. The van der Waals surface area contributed by atoms with Crippen LogP contribution in [0.25, 0.3) is 10.6 Å². The molecule has 1 atom stereocenters. The molecule has 128 valence electrons. The first-order valence-corrected chi connectivity index (χ1v) is 9.12. The summed E-state index contributed by atoms with van der Waals surface area (Å²) in [5, 5.41) is 7.05. The highest BCUT2D eigenvalue weighted by Gasteiger charge is 2.20. The largest absolute Gasteiger partial charge is 0.381 e. The normalized spacial score (nSPS) is 16.6. The summed E-state index contributed by atoms with van der Waals surface area (Å²) >= 11 is 1.64. The molecular formula is C18H23N3O2S. The average Bonchev–Trinajstić information content (AvgIpc) is 2.98. The number of aromatic nitrogens is 1. The van der Waals surface area contributed by atoms with Crippen molar-refractivity contribution in [2.75, 3.05) is 13.2 Å². The SMILES string of the molecule is Cc1nc(-c2ccccc2)sc1C(C)NC(=O)NC1CCOCC1. The molecule has 1 aliphatic rings. The van der Waals surface area contributed by atoms with Crippen molar-refractivity contribution in [1.29, 1.82) is 0 Å². The molecule has 0 aliphatic carbocycles. The summed E-state index contributed by atoms with van der Waals surface area (Å²) in [6.07, 6.45) is 1.75. The van der Waals surface area contributed by atoms with Crippen LogP contribution in [0.5, 0.6) is 0 Å². The molecule has 0 radical (unpaired) electrons. The van der Waals surface area contributed by atoms with Gasteiger partial charge in [0.25, 0.3) is 0 Å². The molecule has 0 spiro atoms. The molecule has 2 amide bonds. The monoisotopic (exact) mass is 345 g/mol. The van der Waals surface area contributed by atoms with E-state index < -0.39 is 0 Å². The molecule has 1 saturated heterocycles. The van der Waals surface area contributed by atoms with Gasteiger partial charge in [-0.25, -0.2) is 9.78 Å². The summed E-state index contributed by atoms with van der Waals surface area (Å²) in [6, 6.07) is 10.1. The number of aryl methyl sites for hydroxylation is 1. The molecule has 2 aromatic rings. The van der Waals surface area contributed by atoms with E-state index in [0.29, 0.717) is 0 Å². The Bertz CT molecular complexity index is 681. The average molecular weight is 345 g/mol. The molecule has 3 rings (SSSR count). The van der Waals surface area contributed by atoms with Gasteiger partial charge in [-0.1, -0.05) is 30.3 Å². The fourth-order valence-corrected chi connectivity index (χ4v) is 3.92. The number of nitrogens with one attached hydrogen (secondary N) is 2. The van der Waals surface area contributed by atoms with E-state index in [1.807, 2.05) is 32.0 Å². The van der Waals surface area contributed by atoms with E-state index in [1.165, 1.54) is 0 Å². The summed E-state index contributed by atoms with van der Waals surface area (Å²) in [5.74, 6) is 0. The highest BCUT2D eigenvalue weighted by Crippen LogP contribution is 2.31. The summed E-state index contributed by atoms with van der Waals surface area (Å²) in [6.45, 7) is 5.43. The Balaban J connectivity index is 1.63. The summed E-state index contributed by atoms with van der Waals surface area (Å²) in [5.41, 5.74) is 2.08. The third-order valence-corrected chi connectivity index (χ3v) is 5.54. The minimum absolute atomic E-state index is 0.0696. The van der Waals surface area contributed by atoms with Gasteiger partial charge in [0.1, 0.15) is 5.01 Å². The van der Waals surface area contributed by atoms with Crippen molar-refractivity contribution in [1.82, 2.24) is 15.6 Å². The Morgan fingerprint density at radius 2 is 2.00 bits per heavy atom. The number of rotatable bonds is 4. The van der Waals surface area contributed by atoms with Gasteiger partial charge in [-0.15, -0.1) is 11.3 Å². The molecule has 0 bridgehead atoms. The van der Waals surface area contributed by atoms with Crippen molar-refractivity contribution in [3.05, 3.63) is 40.9 Å². The second-order valence-corrected chi connectivity index (χ2v) is 7.09. The molecule has 1 unspecified atom stereocenters. The van der Waals surface area contributed by atoms with Crippen LogP contribution in [0.4, 0.5) is 4.79 Å². The van der Waals surface area contributed by atoms with Gasteiger partial charge in [-0.3, -0.25) is 0 Å². The van der Waals surface area contributed by atoms with Crippen LogP contribution in [0, 0.1) is 6.92 Å². The van der Waals surface area contributed by atoms with E-state index in [4.69, 9.17) is 4.74 Å². The Morgan fingerprint density at radius 1 is 1.29 bits per heavy atom. The Hall–Kier alpha value is -1.92. The summed E-state index contributed by atoms with van der Waals surface area (Å²) in [4.78, 5) is 18.0. The van der Waals surface area contributed by atoms with Gasteiger partial charge in [-0.05, 0) is 26.7 Å². The number of ether oxygens (including phenoxy) is 1. The lowest BCUT2D eigenvalue weighted by Gasteiger charge is -2.24. The van der Waals surface area contributed by atoms with E-state index in [0.717, 1.165) is 47.2 Å². The Labute approximate surface area is 146 Å². The first-order chi connectivity index (χ1) is 11.6. The Kier molecular flexibility index (Phi) is 5.48. The van der Waals surface area contributed by atoms with E-state index in [2.05, 4.69) is 27.8 Å². The van der Waals surface area contributed by atoms with Gasteiger partial charge < -0.3 is 15.4 Å². The van der Waals surface area contributed by atoms with E-state index in [1.54, 1.807) is 11.3 Å². The van der Waals surface area contributed by atoms with Crippen LogP contribution in [-0.2, 0) is 4.74 Å². The molecule has 24 heavy (non-hydrogen) atoms. The van der Waals surface area contributed by atoms with Gasteiger partial charge in [-0.2, -0.15) is 0 Å². The second-order valence-electron chi connectivity index (χ2n) is 6.06. The number of hydrogen-bond donors (Lipinski definition) is 2. The van der Waals surface area contributed by atoms with Gasteiger partial charge in [0, 0.05) is 24.8 Å². The van der Waals surface area contributed by atoms with E-state index in [9.17, 15) is 4.79 Å². The number of benzene rings is 1. The lowest BCUT2D eigenvalue weighted by atomic mass is 10.1. The van der Waals surface area contributed by atoms with Crippen molar-refractivity contribution < 1.29 is 9.53 Å². The standard InChI is InChI=1S/C18H23N3O2S/c1-12-16(24-17(19-12)14-6-4-3-5-7-14)13(2)20-18(22)21-15-8-10-23-11-9-15/h3-7,13,15H,8-11H2,1-2H3,(H2,20,21,22). The molecule has 2 heterocycles. The predicted octanol–water partition coefficient (Wildman–Crippen LogP) is 3.66. The topological polar surface area (TPSA) is 63.2 Å². The minimum Gasteiger partial charge on any atom is -0.381 e. The maximum absolute atomic E-state index is 12.2. The molecule has 5 nitrogen and oxygen atoms in total. The molecule has 2 N–H and O–H groups in total. The zero-order valence-corrected chi connectivity index (χ0v) is 14.9. The first kappa shape index (κ1) is 16.9. The summed E-state index contributed by atoms with van der Waals surface area (Å²) in [7, 11) is 0. The number of amides is 2. The number of carbonyl (C=O) groups is 1. The van der Waals surface area contributed by atoms with Crippen molar-refractivity contribution in [2.24, 2.45) is 0 Å². The van der Waals surface area contributed by atoms with Crippen LogP contribution in [0.15, 0.2) is 30.3 Å². The zero-order valence-electron chi connectivity index (χ0n) is 14.0. The maximum Gasteiger partial charge on any atom is 0.315 e. The van der Waals surface area contributed by atoms with Crippen LogP contribution in [0.1, 0.15) is 36.4 Å². The van der Waals surface area contributed by atoms with Crippen LogP contribution < -0.4 is 10.6 Å². The van der Waals surface area contributed by atoms with Gasteiger partial charge >= 0.3 is 6.03 Å². The molecule has 6 heteroatoms. The quantitative estimate of drug-likeness (QED) is 0.889. The smallest absolute Gasteiger partial charge is 0.315 e. The van der Waals surface area contributed by atoms with Crippen LogP contribution in [0.3, 0.4) is 0 Å². The lowest BCUT2D eigenvalue weighted by molar-refractivity contribution is 0.0800. The third-order valence-electron chi connectivity index (χ3n) is 4.15. The maximum atomic E-state index is 12.2. The van der Waals surface area contributed by atoms with Crippen molar-refractivity contribution in [2.45, 2.75) is 38.8 Å². The fraction of sp³-hybridized carbons (Fsp3) is 0.444. The molecule has 1 aliphatic heterocycles. The number of urea groups is 1. The summed E-state index contributed by atoms with van der Waals surface area (Å²) < 4.78 is 5.31. The minimum atomic E-state index is -0.122. The number of carbonyl (C=O) groups excluding carboxylic acids is 1. The first-order valence-electron chi connectivity index (χ1n) is 8.31. The number of hydrogen-bond acceptors (Lipinski definition) is 4. The van der Waals surface area contributed by atoms with Crippen molar-refractivity contribution in [3.63, 3.8) is 0 Å². The van der Waals surface area contributed by atoms with Crippen LogP contribution >= 0.6 is 11.3 Å².